The molecule has 0 bridgehead atoms. The third kappa shape index (κ3) is 3.18. The molecule has 1 unspecified atom stereocenters. The minimum Gasteiger partial charge on any atom is -0.338 e. The third-order valence-electron chi connectivity index (χ3n) is 6.06. The van der Waals surface area contributed by atoms with Gasteiger partial charge < -0.3 is 9.47 Å². The number of likely N-dealkylation sites (tertiary alicyclic amines) is 1. The minimum absolute atomic E-state index is 0.0843. The highest BCUT2D eigenvalue weighted by Gasteiger charge is 2.28. The zero-order valence-corrected chi connectivity index (χ0v) is 17.3. The zero-order chi connectivity index (χ0) is 20.7. The summed E-state index contributed by atoms with van der Waals surface area (Å²) in [5.41, 5.74) is 5.03. The average molecular weight is 399 g/mol. The highest BCUT2D eigenvalue weighted by molar-refractivity contribution is 5.94. The topological polar surface area (TPSA) is 55.4 Å². The van der Waals surface area contributed by atoms with Gasteiger partial charge in [-0.3, -0.25) is 9.20 Å². The molecule has 0 spiro atoms. The highest BCUT2D eigenvalue weighted by Crippen LogP contribution is 2.27. The van der Waals surface area contributed by atoms with Crippen LogP contribution in [-0.2, 0) is 0 Å². The van der Waals surface area contributed by atoms with Crippen molar-refractivity contribution in [2.24, 2.45) is 0 Å². The van der Waals surface area contributed by atoms with E-state index < -0.39 is 0 Å². The third-order valence-corrected chi connectivity index (χ3v) is 6.06. The van der Waals surface area contributed by atoms with Crippen LogP contribution >= 0.6 is 0 Å². The number of nitrogens with zero attached hydrogens (tertiary/aromatic N) is 5. The molecule has 5 rings (SSSR count). The fourth-order valence-electron chi connectivity index (χ4n) is 4.52. The number of aromatic nitrogens is 4. The van der Waals surface area contributed by atoms with Crippen LogP contribution in [0, 0.1) is 13.8 Å². The van der Waals surface area contributed by atoms with Gasteiger partial charge >= 0.3 is 0 Å². The maximum atomic E-state index is 13.2. The van der Waals surface area contributed by atoms with Crippen LogP contribution in [0.3, 0.4) is 0 Å². The van der Waals surface area contributed by atoms with Crippen molar-refractivity contribution in [3.63, 3.8) is 0 Å². The Bertz CT molecular complexity index is 1180. The summed E-state index contributed by atoms with van der Waals surface area (Å²) in [5.74, 6) is 1.22. The van der Waals surface area contributed by atoms with Gasteiger partial charge in [-0.1, -0.05) is 6.07 Å². The standard InChI is InChI=1S/C24H25N5O/c1-17-8-9-18(2)29(17)21-12-10-19(11-13-21)24(30)27-14-5-6-20(16-27)23-26-25-22-7-3-4-15-28(22)23/h3-4,7-13,15,20H,5-6,14,16H2,1-2H3. The molecule has 1 atom stereocenters. The van der Waals surface area contributed by atoms with Crippen molar-refractivity contribution in [1.29, 1.82) is 0 Å². The Kier molecular flexibility index (Phi) is 4.62. The van der Waals surface area contributed by atoms with E-state index in [1.807, 2.05) is 58.0 Å². The molecule has 3 aromatic heterocycles. The van der Waals surface area contributed by atoms with Gasteiger partial charge in [-0.15, -0.1) is 10.2 Å². The first-order valence-corrected chi connectivity index (χ1v) is 10.5. The SMILES string of the molecule is Cc1ccc(C)n1-c1ccc(C(=O)N2CCCC(c3nnc4ccccn34)C2)cc1. The number of amides is 1. The zero-order valence-electron chi connectivity index (χ0n) is 17.3. The van der Waals surface area contributed by atoms with Crippen LogP contribution in [-0.4, -0.2) is 43.1 Å². The molecule has 1 fully saturated rings. The summed E-state index contributed by atoms with van der Waals surface area (Å²) in [6, 6.07) is 18.1. The Morgan fingerprint density at radius 3 is 2.50 bits per heavy atom. The van der Waals surface area contributed by atoms with Gasteiger partial charge in [-0.2, -0.15) is 0 Å². The lowest BCUT2D eigenvalue weighted by Gasteiger charge is -2.32. The lowest BCUT2D eigenvalue weighted by molar-refractivity contribution is 0.0704. The predicted molar refractivity (Wildman–Crippen MR) is 116 cm³/mol. The number of hydrogen-bond acceptors (Lipinski definition) is 3. The molecule has 4 heterocycles. The first-order chi connectivity index (χ1) is 14.6. The van der Waals surface area contributed by atoms with Crippen LogP contribution in [0.4, 0.5) is 0 Å². The van der Waals surface area contributed by atoms with Gasteiger partial charge in [-0.25, -0.2) is 0 Å². The Morgan fingerprint density at radius 1 is 0.967 bits per heavy atom. The van der Waals surface area contributed by atoms with Gasteiger partial charge in [0.25, 0.3) is 5.91 Å². The molecular weight excluding hydrogens is 374 g/mol. The monoisotopic (exact) mass is 399 g/mol. The molecule has 0 radical (unpaired) electrons. The molecule has 1 aliphatic heterocycles. The summed E-state index contributed by atoms with van der Waals surface area (Å²) in [4.78, 5) is 15.1. The molecular formula is C24H25N5O. The van der Waals surface area contributed by atoms with E-state index >= 15 is 0 Å². The van der Waals surface area contributed by atoms with E-state index in [9.17, 15) is 4.79 Å². The molecule has 152 valence electrons. The normalized spacial score (nSPS) is 16.9. The molecule has 1 aromatic carbocycles. The lowest BCUT2D eigenvalue weighted by Crippen LogP contribution is -2.39. The van der Waals surface area contributed by atoms with E-state index in [1.165, 1.54) is 11.4 Å². The maximum absolute atomic E-state index is 13.2. The Labute approximate surface area is 175 Å². The van der Waals surface area contributed by atoms with Gasteiger partial charge in [0.1, 0.15) is 5.82 Å². The predicted octanol–water partition coefficient (Wildman–Crippen LogP) is 4.16. The van der Waals surface area contributed by atoms with Crippen molar-refractivity contribution < 1.29 is 4.79 Å². The van der Waals surface area contributed by atoms with E-state index in [0.29, 0.717) is 6.54 Å². The highest BCUT2D eigenvalue weighted by atomic mass is 16.2. The molecule has 4 aromatic rings. The van der Waals surface area contributed by atoms with Crippen molar-refractivity contribution >= 4 is 11.6 Å². The van der Waals surface area contributed by atoms with E-state index in [-0.39, 0.29) is 11.8 Å². The molecule has 0 N–H and O–H groups in total. The summed E-state index contributed by atoms with van der Waals surface area (Å²) in [7, 11) is 0. The van der Waals surface area contributed by atoms with Crippen LogP contribution in [0.1, 0.15) is 46.3 Å². The fraction of sp³-hybridized carbons (Fsp3) is 0.292. The summed E-state index contributed by atoms with van der Waals surface area (Å²) < 4.78 is 4.23. The second-order valence-electron chi connectivity index (χ2n) is 8.08. The van der Waals surface area contributed by atoms with Gasteiger partial charge in [-0.05, 0) is 75.2 Å². The van der Waals surface area contributed by atoms with Crippen molar-refractivity contribution in [3.8, 4) is 5.69 Å². The van der Waals surface area contributed by atoms with E-state index in [2.05, 4.69) is 40.7 Å². The van der Waals surface area contributed by atoms with Crippen molar-refractivity contribution in [3.05, 3.63) is 83.6 Å². The first-order valence-electron chi connectivity index (χ1n) is 10.5. The van der Waals surface area contributed by atoms with Crippen molar-refractivity contribution in [2.75, 3.05) is 13.1 Å². The molecule has 1 amide bonds. The fourth-order valence-corrected chi connectivity index (χ4v) is 4.52. The van der Waals surface area contributed by atoms with Gasteiger partial charge in [0.15, 0.2) is 5.65 Å². The molecule has 1 aliphatic rings. The lowest BCUT2D eigenvalue weighted by atomic mass is 9.96. The summed E-state index contributed by atoms with van der Waals surface area (Å²) in [6.07, 6.45) is 3.98. The van der Waals surface area contributed by atoms with Crippen LogP contribution in [0.5, 0.6) is 0 Å². The van der Waals surface area contributed by atoms with Gasteiger partial charge in [0, 0.05) is 47.8 Å². The van der Waals surface area contributed by atoms with Crippen LogP contribution in [0.15, 0.2) is 60.8 Å². The molecule has 6 heteroatoms. The average Bonchev–Trinajstić information content (AvgIpc) is 3.36. The maximum Gasteiger partial charge on any atom is 0.253 e. The van der Waals surface area contributed by atoms with Crippen LogP contribution in [0.2, 0.25) is 0 Å². The molecule has 30 heavy (non-hydrogen) atoms. The Morgan fingerprint density at radius 2 is 1.73 bits per heavy atom. The second-order valence-corrected chi connectivity index (χ2v) is 8.08. The number of carbonyl (C=O) groups excluding carboxylic acids is 1. The van der Waals surface area contributed by atoms with Crippen molar-refractivity contribution in [1.82, 2.24) is 24.1 Å². The number of fused-ring (bicyclic) bond motifs is 1. The summed E-state index contributed by atoms with van der Waals surface area (Å²) in [5, 5.41) is 8.69. The summed E-state index contributed by atoms with van der Waals surface area (Å²) >= 11 is 0. The van der Waals surface area contributed by atoms with Gasteiger partial charge in [0.05, 0.1) is 0 Å². The van der Waals surface area contributed by atoms with E-state index in [4.69, 9.17) is 0 Å². The van der Waals surface area contributed by atoms with E-state index in [0.717, 1.165) is 42.1 Å². The number of rotatable bonds is 3. The number of carbonyl (C=O) groups is 1. The Hall–Kier alpha value is -3.41. The van der Waals surface area contributed by atoms with Crippen LogP contribution in [0.25, 0.3) is 11.3 Å². The number of pyridine rings is 1. The molecule has 0 aliphatic carbocycles. The number of aryl methyl sites for hydroxylation is 2. The summed E-state index contributed by atoms with van der Waals surface area (Å²) in [6.45, 7) is 5.64. The number of hydrogen-bond donors (Lipinski definition) is 0. The quantitative estimate of drug-likeness (QED) is 0.520. The second kappa shape index (κ2) is 7.44. The van der Waals surface area contributed by atoms with E-state index in [1.54, 1.807) is 0 Å². The first kappa shape index (κ1) is 18.6. The number of benzene rings is 1. The molecule has 0 saturated carbocycles. The number of piperidine rings is 1. The van der Waals surface area contributed by atoms with Crippen molar-refractivity contribution in [2.45, 2.75) is 32.6 Å². The smallest absolute Gasteiger partial charge is 0.253 e. The van der Waals surface area contributed by atoms with Crippen LogP contribution < -0.4 is 0 Å². The largest absolute Gasteiger partial charge is 0.338 e. The Balaban J connectivity index is 1.36. The van der Waals surface area contributed by atoms with Gasteiger partial charge in [0.2, 0.25) is 0 Å². The molecule has 1 saturated heterocycles. The molecule has 6 nitrogen and oxygen atoms in total. The minimum atomic E-state index is 0.0843.